The second-order valence-electron chi connectivity index (χ2n) is 8.63. The lowest BCUT2D eigenvalue weighted by molar-refractivity contribution is -0.386. The van der Waals surface area contributed by atoms with Crippen LogP contribution >= 0.6 is 0 Å². The number of aryl methyl sites for hydroxylation is 1. The zero-order chi connectivity index (χ0) is 21.5. The number of carbonyl (C=O) groups excluding carboxylic acids is 1. The average molecular weight is 420 g/mol. The van der Waals surface area contributed by atoms with Crippen LogP contribution < -0.4 is 5.56 Å². The third-order valence-corrected chi connectivity index (χ3v) is 6.65. The molecule has 4 heterocycles. The van der Waals surface area contributed by atoms with Gasteiger partial charge in [-0.15, -0.1) is 0 Å². The number of pyridine rings is 1. The van der Waals surface area contributed by atoms with Gasteiger partial charge in [0.15, 0.2) is 0 Å². The Bertz CT molecular complexity index is 1230. The van der Waals surface area contributed by atoms with E-state index in [0.717, 1.165) is 30.5 Å². The van der Waals surface area contributed by atoms with Gasteiger partial charge < -0.3 is 14.5 Å². The van der Waals surface area contributed by atoms with Crippen LogP contribution in [0.25, 0.3) is 10.9 Å². The number of rotatable bonds is 5. The minimum atomic E-state index is -0.621. The van der Waals surface area contributed by atoms with Crippen LogP contribution in [0.1, 0.15) is 36.4 Å². The maximum atomic E-state index is 12.9. The van der Waals surface area contributed by atoms with Gasteiger partial charge in [0, 0.05) is 60.8 Å². The van der Waals surface area contributed by atoms with Crippen LogP contribution in [0.5, 0.6) is 0 Å². The number of hydrogen-bond acceptors (Lipinski definition) is 4. The molecule has 0 aliphatic carbocycles. The van der Waals surface area contributed by atoms with Crippen molar-refractivity contribution in [2.75, 3.05) is 13.1 Å². The molecule has 160 valence electrons. The first-order chi connectivity index (χ1) is 15.0. The largest absolute Gasteiger partial charge is 0.361 e. The zero-order valence-corrected chi connectivity index (χ0v) is 17.1. The number of H-pyrrole nitrogens is 1. The van der Waals surface area contributed by atoms with Crippen LogP contribution in [0.4, 0.5) is 5.69 Å². The average Bonchev–Trinajstić information content (AvgIpc) is 3.17. The van der Waals surface area contributed by atoms with Crippen molar-refractivity contribution in [1.82, 2.24) is 14.5 Å². The maximum Gasteiger partial charge on any atom is 0.334 e. The summed E-state index contributed by atoms with van der Waals surface area (Å²) in [5.41, 5.74) is 2.24. The van der Waals surface area contributed by atoms with Gasteiger partial charge in [-0.25, -0.2) is 0 Å². The smallest absolute Gasteiger partial charge is 0.334 e. The van der Waals surface area contributed by atoms with E-state index in [-0.39, 0.29) is 23.4 Å². The highest BCUT2D eigenvalue weighted by atomic mass is 16.6. The number of amides is 1. The Labute approximate surface area is 178 Å². The molecule has 8 heteroatoms. The standard InChI is InChI=1S/C23H24N4O4/c28-22(7-3-4-16-11-24-19-6-2-1-5-18(16)19)25-12-15-10-17(14-25)20-8-9-21(27(30)31)23(29)26(20)13-15/h1-2,5-6,8-9,11,15,17,24H,3-4,7,10,12-14H2. The quantitative estimate of drug-likeness (QED) is 0.506. The van der Waals surface area contributed by atoms with Crippen molar-refractivity contribution in [2.24, 2.45) is 5.92 Å². The lowest BCUT2D eigenvalue weighted by atomic mass is 9.83. The molecule has 2 aliphatic rings. The highest BCUT2D eigenvalue weighted by molar-refractivity contribution is 5.83. The molecule has 1 amide bonds. The van der Waals surface area contributed by atoms with Gasteiger partial charge in [-0.3, -0.25) is 19.7 Å². The van der Waals surface area contributed by atoms with Crippen LogP contribution in [-0.4, -0.2) is 38.4 Å². The van der Waals surface area contributed by atoms with Crippen molar-refractivity contribution in [3.05, 3.63) is 74.3 Å². The van der Waals surface area contributed by atoms with Crippen molar-refractivity contribution in [3.63, 3.8) is 0 Å². The molecule has 31 heavy (non-hydrogen) atoms. The minimum Gasteiger partial charge on any atom is -0.361 e. The first kappa shape index (κ1) is 19.5. The van der Waals surface area contributed by atoms with Gasteiger partial charge in [0.1, 0.15) is 0 Å². The first-order valence-electron chi connectivity index (χ1n) is 10.7. The van der Waals surface area contributed by atoms with E-state index < -0.39 is 10.5 Å². The molecule has 1 saturated heterocycles. The fraction of sp³-hybridized carbons (Fsp3) is 0.391. The molecule has 0 spiro atoms. The molecule has 2 bridgehead atoms. The summed E-state index contributed by atoms with van der Waals surface area (Å²) < 4.78 is 1.55. The van der Waals surface area contributed by atoms with Crippen LogP contribution in [-0.2, 0) is 17.8 Å². The molecule has 2 aromatic heterocycles. The Morgan fingerprint density at radius 1 is 1.16 bits per heavy atom. The van der Waals surface area contributed by atoms with Crippen molar-refractivity contribution < 1.29 is 9.72 Å². The van der Waals surface area contributed by atoms with Gasteiger partial charge in [0.2, 0.25) is 5.91 Å². The van der Waals surface area contributed by atoms with Crippen LogP contribution in [0, 0.1) is 16.0 Å². The van der Waals surface area contributed by atoms with Gasteiger partial charge in [-0.05, 0) is 42.9 Å². The number of benzene rings is 1. The van der Waals surface area contributed by atoms with Gasteiger partial charge >= 0.3 is 11.2 Å². The summed E-state index contributed by atoms with van der Waals surface area (Å²) in [5.74, 6) is 0.356. The zero-order valence-electron chi connectivity index (χ0n) is 17.1. The van der Waals surface area contributed by atoms with E-state index >= 15 is 0 Å². The van der Waals surface area contributed by atoms with E-state index in [9.17, 15) is 19.7 Å². The number of hydrogen-bond donors (Lipinski definition) is 1. The molecule has 0 radical (unpaired) electrons. The lowest BCUT2D eigenvalue weighted by Gasteiger charge is -2.42. The molecule has 2 aliphatic heterocycles. The number of nitrogens with one attached hydrogen (secondary N) is 1. The molecule has 5 rings (SSSR count). The number of para-hydroxylation sites is 1. The Hall–Kier alpha value is -3.42. The molecular formula is C23H24N4O4. The molecule has 3 aromatic rings. The number of nitrogens with zero attached hydrogens (tertiary/aromatic N) is 3. The normalized spacial score (nSPS) is 19.9. The summed E-state index contributed by atoms with van der Waals surface area (Å²) in [5, 5.41) is 12.3. The van der Waals surface area contributed by atoms with E-state index in [1.807, 2.05) is 29.3 Å². The number of nitro groups is 1. The Kier molecular flexibility index (Phi) is 4.84. The highest BCUT2D eigenvalue weighted by Gasteiger charge is 2.37. The van der Waals surface area contributed by atoms with E-state index in [2.05, 4.69) is 11.1 Å². The molecule has 8 nitrogen and oxygen atoms in total. The topological polar surface area (TPSA) is 101 Å². The number of aromatic amines is 1. The predicted molar refractivity (Wildman–Crippen MR) is 116 cm³/mol. The fourth-order valence-electron chi connectivity index (χ4n) is 5.20. The second-order valence-corrected chi connectivity index (χ2v) is 8.63. The third kappa shape index (κ3) is 3.52. The Balaban J connectivity index is 1.25. The fourth-order valence-corrected chi connectivity index (χ4v) is 5.20. The summed E-state index contributed by atoms with van der Waals surface area (Å²) in [6, 6.07) is 11.2. The molecule has 1 fully saturated rings. The van der Waals surface area contributed by atoms with Crippen molar-refractivity contribution in [2.45, 2.75) is 38.1 Å². The summed E-state index contributed by atoms with van der Waals surface area (Å²) in [7, 11) is 0. The lowest BCUT2D eigenvalue weighted by Crippen LogP contribution is -2.49. The number of piperidine rings is 1. The predicted octanol–water partition coefficient (Wildman–Crippen LogP) is 3.21. The number of likely N-dealkylation sites (tertiary alicyclic amines) is 1. The number of fused-ring (bicyclic) bond motifs is 5. The highest BCUT2D eigenvalue weighted by Crippen LogP contribution is 2.36. The molecular weight excluding hydrogens is 396 g/mol. The van der Waals surface area contributed by atoms with Crippen molar-refractivity contribution in [1.29, 1.82) is 0 Å². The minimum absolute atomic E-state index is 0.0542. The van der Waals surface area contributed by atoms with Crippen LogP contribution in [0.15, 0.2) is 47.4 Å². The SMILES string of the molecule is O=C(CCCc1c[nH]c2ccccc12)N1CC2CC(C1)c1ccc([N+](=O)[O-])c(=O)n1C2. The van der Waals surface area contributed by atoms with Crippen LogP contribution in [0.3, 0.4) is 0 Å². The monoisotopic (exact) mass is 420 g/mol. The van der Waals surface area contributed by atoms with Crippen molar-refractivity contribution >= 4 is 22.5 Å². The number of aromatic nitrogens is 2. The summed E-state index contributed by atoms with van der Waals surface area (Å²) in [4.78, 5) is 41.1. The second kappa shape index (κ2) is 7.68. The van der Waals surface area contributed by atoms with E-state index in [1.165, 1.54) is 17.0 Å². The summed E-state index contributed by atoms with van der Waals surface area (Å²) >= 11 is 0. The van der Waals surface area contributed by atoms with E-state index in [4.69, 9.17) is 0 Å². The van der Waals surface area contributed by atoms with Crippen molar-refractivity contribution in [3.8, 4) is 0 Å². The van der Waals surface area contributed by atoms with Gasteiger partial charge in [-0.2, -0.15) is 0 Å². The van der Waals surface area contributed by atoms with E-state index in [1.54, 1.807) is 10.6 Å². The van der Waals surface area contributed by atoms with E-state index in [0.29, 0.717) is 26.1 Å². The Morgan fingerprint density at radius 3 is 2.84 bits per heavy atom. The summed E-state index contributed by atoms with van der Waals surface area (Å²) in [6.45, 7) is 1.61. The molecule has 2 unspecified atom stereocenters. The van der Waals surface area contributed by atoms with Crippen LogP contribution in [0.2, 0.25) is 0 Å². The van der Waals surface area contributed by atoms with Gasteiger partial charge in [-0.1, -0.05) is 18.2 Å². The molecule has 2 atom stereocenters. The maximum absolute atomic E-state index is 12.9. The first-order valence-corrected chi connectivity index (χ1v) is 10.7. The Morgan fingerprint density at radius 2 is 2.00 bits per heavy atom. The molecule has 1 aromatic carbocycles. The molecule has 0 saturated carbocycles. The summed E-state index contributed by atoms with van der Waals surface area (Å²) in [6.07, 6.45) is 5.06. The molecule has 1 N–H and O–H groups in total. The number of carbonyl (C=O) groups is 1. The third-order valence-electron chi connectivity index (χ3n) is 6.65. The van der Waals surface area contributed by atoms with Gasteiger partial charge in [0.25, 0.3) is 0 Å². The van der Waals surface area contributed by atoms with Gasteiger partial charge in [0.05, 0.1) is 4.92 Å².